The zero-order valence-corrected chi connectivity index (χ0v) is 34.9. The first kappa shape index (κ1) is 40.5. The summed E-state index contributed by atoms with van der Waals surface area (Å²) in [6.45, 7) is 32.4. The summed E-state index contributed by atoms with van der Waals surface area (Å²) < 4.78 is 1.07. The summed E-state index contributed by atoms with van der Waals surface area (Å²) in [6, 6.07) is 25.2. The van der Waals surface area contributed by atoms with Crippen molar-refractivity contribution >= 4 is 37.4 Å². The smallest absolute Gasteiger partial charge is 0.234 e. The van der Waals surface area contributed by atoms with Crippen LogP contribution in [0.3, 0.4) is 0 Å². The van der Waals surface area contributed by atoms with Gasteiger partial charge in [0.2, 0.25) is 11.7 Å². The molecule has 9 nitrogen and oxygen atoms in total. The van der Waals surface area contributed by atoms with E-state index in [-0.39, 0.29) is 11.0 Å². The normalized spacial score (nSPS) is 15.8. The highest BCUT2D eigenvalue weighted by Crippen LogP contribution is 2.51. The van der Waals surface area contributed by atoms with Crippen molar-refractivity contribution in [2.75, 3.05) is 0 Å². The average molecular weight is 752 g/mol. The summed E-state index contributed by atoms with van der Waals surface area (Å²) in [7, 11) is -2.42. The largest absolute Gasteiger partial charge is 0.623 e. The second-order valence-electron chi connectivity index (χ2n) is 17.5. The summed E-state index contributed by atoms with van der Waals surface area (Å²) in [5, 5.41) is 24.4. The molecular formula is C45H53N7O2Si. The van der Waals surface area contributed by atoms with Gasteiger partial charge >= 0.3 is 0 Å². The van der Waals surface area contributed by atoms with Crippen LogP contribution < -0.4 is 16.7 Å². The Labute approximate surface area is 327 Å². The van der Waals surface area contributed by atoms with Crippen molar-refractivity contribution in [1.29, 1.82) is 0 Å². The van der Waals surface area contributed by atoms with E-state index in [0.717, 1.165) is 49.2 Å². The summed E-state index contributed by atoms with van der Waals surface area (Å²) in [4.78, 5) is 11.2. The lowest BCUT2D eigenvalue weighted by Crippen LogP contribution is -2.53. The predicted molar refractivity (Wildman–Crippen MR) is 230 cm³/mol. The minimum absolute atomic E-state index is 0.0884. The van der Waals surface area contributed by atoms with Gasteiger partial charge in [0.25, 0.3) is 0 Å². The highest BCUT2D eigenvalue weighted by molar-refractivity contribution is 6.93. The molecule has 10 heteroatoms. The third-order valence-corrected chi connectivity index (χ3v) is 15.8. The van der Waals surface area contributed by atoms with E-state index in [1.807, 2.05) is 92.6 Å². The third-order valence-electron chi connectivity index (χ3n) is 10.3. The third kappa shape index (κ3) is 8.52. The maximum absolute atomic E-state index is 13.8. The fraction of sp³-hybridized carbons (Fsp3) is 0.333. The topological polar surface area (TPSA) is 120 Å². The predicted octanol–water partition coefficient (Wildman–Crippen LogP) is 8.62. The zero-order chi connectivity index (χ0) is 40.5. The van der Waals surface area contributed by atoms with Gasteiger partial charge in [0.15, 0.2) is 17.5 Å². The van der Waals surface area contributed by atoms with Gasteiger partial charge in [-0.3, -0.25) is 0 Å². The number of fused-ring (bicyclic) bond motifs is 1. The quantitative estimate of drug-likeness (QED) is 0.0299. The SMILES string of the molecule is [C-]#[N+]C1=C(c2cccc(C#Cc3cccc(/C=N/N=C(N)N)c3)c2)ON(C(C)(C)C)C1c1c2cccccc-2c(/C=[N+](\[O-])C(C)(C)C)c1[Si](C)(C)C(C)(C)C. The Bertz CT molecular complexity index is 2290. The van der Waals surface area contributed by atoms with Gasteiger partial charge < -0.3 is 21.5 Å². The second kappa shape index (κ2) is 15.2. The maximum Gasteiger partial charge on any atom is 0.234 e. The minimum atomic E-state index is -2.42. The number of hydroxylamine groups is 3. The molecule has 0 bridgehead atoms. The molecule has 0 saturated carbocycles. The van der Waals surface area contributed by atoms with Crippen LogP contribution >= 0.6 is 0 Å². The van der Waals surface area contributed by atoms with E-state index in [9.17, 15) is 5.21 Å². The molecule has 2 aliphatic carbocycles. The number of guanidine groups is 1. The number of nitrogens with zero attached hydrogens (tertiary/aromatic N) is 5. The Morgan fingerprint density at radius 3 is 2.09 bits per heavy atom. The van der Waals surface area contributed by atoms with E-state index < -0.39 is 25.2 Å². The molecule has 0 amide bonds. The lowest BCUT2D eigenvalue weighted by Gasteiger charge is -2.41. The summed E-state index contributed by atoms with van der Waals surface area (Å²) >= 11 is 0. The summed E-state index contributed by atoms with van der Waals surface area (Å²) in [6.07, 6.45) is 3.35. The van der Waals surface area contributed by atoms with Crippen LogP contribution in [0, 0.1) is 23.6 Å². The van der Waals surface area contributed by atoms with E-state index in [1.54, 1.807) is 12.4 Å². The Hall–Kier alpha value is -5.68. The second-order valence-corrected chi connectivity index (χ2v) is 22.7. The molecule has 1 aliphatic heterocycles. The Kier molecular flexibility index (Phi) is 11.2. The minimum Gasteiger partial charge on any atom is -0.623 e. The Morgan fingerprint density at radius 1 is 0.891 bits per heavy atom. The number of rotatable bonds is 6. The highest BCUT2D eigenvalue weighted by Gasteiger charge is 2.51. The average Bonchev–Trinajstić information content (AvgIpc) is 3.51. The lowest BCUT2D eigenvalue weighted by molar-refractivity contribution is -0.530. The zero-order valence-electron chi connectivity index (χ0n) is 33.9. The van der Waals surface area contributed by atoms with Gasteiger partial charge in [0.05, 0.1) is 20.9 Å². The molecule has 5 rings (SSSR count). The van der Waals surface area contributed by atoms with Crippen LogP contribution in [0.25, 0.3) is 21.7 Å². The molecular weight excluding hydrogens is 699 g/mol. The molecule has 3 aliphatic rings. The van der Waals surface area contributed by atoms with Gasteiger partial charge in [-0.05, 0) is 77.5 Å². The van der Waals surface area contributed by atoms with E-state index in [1.165, 1.54) is 5.19 Å². The van der Waals surface area contributed by atoms with Gasteiger partial charge in [-0.1, -0.05) is 100 Å². The van der Waals surface area contributed by atoms with E-state index >= 15 is 0 Å². The molecule has 1 unspecified atom stereocenters. The molecule has 55 heavy (non-hydrogen) atoms. The Morgan fingerprint density at radius 2 is 1.51 bits per heavy atom. The molecule has 4 N–H and O–H groups in total. The Balaban J connectivity index is 1.75. The van der Waals surface area contributed by atoms with Gasteiger partial charge in [0.1, 0.15) is 6.04 Å². The first-order valence-electron chi connectivity index (χ1n) is 18.4. The van der Waals surface area contributed by atoms with Crippen LogP contribution in [0.1, 0.15) is 102 Å². The van der Waals surface area contributed by atoms with Crippen molar-refractivity contribution in [1.82, 2.24) is 5.06 Å². The monoisotopic (exact) mass is 751 g/mol. The van der Waals surface area contributed by atoms with Crippen LogP contribution in [0.4, 0.5) is 0 Å². The number of nitrogens with two attached hydrogens (primary N) is 2. The summed E-state index contributed by atoms with van der Waals surface area (Å²) in [5.74, 6) is 6.92. The van der Waals surface area contributed by atoms with E-state index in [4.69, 9.17) is 22.9 Å². The van der Waals surface area contributed by atoms with Crippen LogP contribution in [0.15, 0.2) is 94.8 Å². The molecule has 0 spiro atoms. The molecule has 0 saturated heterocycles. The molecule has 2 aromatic carbocycles. The van der Waals surface area contributed by atoms with Gasteiger partial charge in [-0.2, -0.15) is 5.10 Å². The lowest BCUT2D eigenvalue weighted by atomic mass is 9.95. The number of hydrogen-bond donors (Lipinski definition) is 2. The van der Waals surface area contributed by atoms with Gasteiger partial charge in [0, 0.05) is 48.6 Å². The van der Waals surface area contributed by atoms with E-state index in [0.29, 0.717) is 11.5 Å². The highest BCUT2D eigenvalue weighted by atomic mass is 28.3. The molecule has 1 atom stereocenters. The van der Waals surface area contributed by atoms with Crippen molar-refractivity contribution in [3.63, 3.8) is 0 Å². The fourth-order valence-corrected chi connectivity index (χ4v) is 9.04. The van der Waals surface area contributed by atoms with E-state index in [2.05, 4.69) is 93.7 Å². The van der Waals surface area contributed by atoms with Crippen LogP contribution in [-0.2, 0) is 4.84 Å². The molecule has 2 aromatic rings. The van der Waals surface area contributed by atoms with Crippen molar-refractivity contribution in [3.05, 3.63) is 135 Å². The summed E-state index contributed by atoms with van der Waals surface area (Å²) in [5.41, 5.74) is 17.2. The molecule has 0 radical (unpaired) electrons. The van der Waals surface area contributed by atoms with Crippen LogP contribution in [0.5, 0.6) is 0 Å². The van der Waals surface area contributed by atoms with Gasteiger partial charge in [-0.15, -0.1) is 10.2 Å². The van der Waals surface area contributed by atoms with Crippen molar-refractivity contribution in [3.8, 4) is 23.0 Å². The standard InChI is InChI=1S/C45H53N7O2Si/c1-43(2,3)51(53)29-36-34-22-14-13-15-23-35(34)37(41(36)55(11,12)45(7,8)9)39-38(48-10)40(54-52(39)44(4,5)6)33-21-17-19-31(27-33)25-24-30-18-16-20-32(26-30)28-49-50-42(46)47/h13-23,26-29,39H,1-9,11-12H3,(H4,46,47,50)/b49-28+,51-29-. The fourth-order valence-electron chi connectivity index (χ4n) is 6.47. The van der Waals surface area contributed by atoms with Crippen molar-refractivity contribution in [2.45, 2.75) is 97.6 Å². The first-order chi connectivity index (χ1) is 25.6. The van der Waals surface area contributed by atoms with Crippen LogP contribution in [-0.4, -0.2) is 47.3 Å². The van der Waals surface area contributed by atoms with Crippen molar-refractivity contribution < 1.29 is 9.58 Å². The maximum atomic E-state index is 13.8. The number of benzene rings is 2. The number of hydrogen-bond acceptors (Lipinski definition) is 5. The molecule has 1 heterocycles. The first-order valence-corrected chi connectivity index (χ1v) is 21.4. The van der Waals surface area contributed by atoms with Gasteiger partial charge in [-0.25, -0.2) is 9.58 Å². The molecule has 0 fully saturated rings. The molecule has 0 aromatic heterocycles. The molecule has 284 valence electrons. The van der Waals surface area contributed by atoms with Crippen molar-refractivity contribution in [2.24, 2.45) is 21.7 Å². The van der Waals surface area contributed by atoms with Crippen LogP contribution in [0.2, 0.25) is 18.1 Å².